The number of ether oxygens (including phenoxy) is 1. The zero-order valence-corrected chi connectivity index (χ0v) is 21.4. The van der Waals surface area contributed by atoms with Crippen molar-refractivity contribution >= 4 is 42.9 Å². The first-order chi connectivity index (χ1) is 16.5. The molecule has 0 radical (unpaired) electrons. The van der Waals surface area contributed by atoms with Gasteiger partial charge in [-0.2, -0.15) is 12.6 Å². The molecule has 2 aromatic rings. The Labute approximate surface area is 216 Å². The van der Waals surface area contributed by atoms with Crippen molar-refractivity contribution in [3.05, 3.63) is 47.0 Å². The fraction of sp³-hybridized carbons (Fsp3) is 0.542. The number of carbonyl (C=O) groups is 2. The summed E-state index contributed by atoms with van der Waals surface area (Å²) >= 11 is 4.75. The van der Waals surface area contributed by atoms with E-state index in [4.69, 9.17) is 17.4 Å². The first kappa shape index (κ1) is 27.3. The number of benzene rings is 1. The Hall–Kier alpha value is -2.30. The molecule has 1 aliphatic heterocycles. The summed E-state index contributed by atoms with van der Waals surface area (Å²) < 4.78 is 21.3. The number of ketones is 1. The maximum Gasteiger partial charge on any atom is 0.305 e. The van der Waals surface area contributed by atoms with E-state index in [1.54, 1.807) is 29.8 Å². The van der Waals surface area contributed by atoms with Crippen molar-refractivity contribution in [3.8, 4) is 0 Å². The summed E-state index contributed by atoms with van der Waals surface area (Å²) in [4.78, 5) is 26.9. The van der Waals surface area contributed by atoms with Crippen LogP contribution in [0.15, 0.2) is 29.8 Å². The second-order valence-corrected chi connectivity index (χ2v) is 9.39. The van der Waals surface area contributed by atoms with Crippen molar-refractivity contribution in [2.75, 3.05) is 19.7 Å². The van der Waals surface area contributed by atoms with Crippen molar-refractivity contribution in [2.45, 2.75) is 56.9 Å². The molecule has 1 aliphatic carbocycles. The number of Topliss-reactive ketones (excluding diaryl/α,β-unsaturated/α-hetero) is 1. The van der Waals surface area contributed by atoms with E-state index in [1.165, 1.54) is 6.07 Å². The Kier molecular flexibility index (Phi) is 9.82. The molecule has 1 saturated carbocycles. The number of likely N-dealkylation sites (tertiary alicyclic amines) is 1. The highest BCUT2D eigenvalue weighted by Gasteiger charge is 2.40. The van der Waals surface area contributed by atoms with Gasteiger partial charge in [0.25, 0.3) is 0 Å². The Bertz CT molecular complexity index is 1060. The minimum absolute atomic E-state index is 0. The Morgan fingerprint density at radius 3 is 2.77 bits per heavy atom. The topological polar surface area (TPSA) is 90.2 Å². The number of hydrogen-bond donors (Lipinski definition) is 1. The molecule has 0 bridgehead atoms. The number of halogens is 2. The third kappa shape index (κ3) is 6.89. The van der Waals surface area contributed by atoms with Crippen LogP contribution in [0.25, 0.3) is 6.08 Å². The fourth-order valence-corrected chi connectivity index (χ4v) is 4.59. The highest BCUT2D eigenvalue weighted by atomic mass is 35.5. The molecule has 1 aromatic carbocycles. The summed E-state index contributed by atoms with van der Waals surface area (Å²) in [5.74, 6) is 0.0675. The molecule has 0 spiro atoms. The molecular weight excluding hydrogens is 493 g/mol. The molecule has 2 heterocycles. The van der Waals surface area contributed by atoms with Crippen LogP contribution in [0, 0.1) is 11.7 Å². The van der Waals surface area contributed by atoms with Gasteiger partial charge in [-0.05, 0) is 60.7 Å². The Morgan fingerprint density at radius 2 is 2.06 bits per heavy atom. The van der Waals surface area contributed by atoms with E-state index in [-0.39, 0.29) is 41.1 Å². The van der Waals surface area contributed by atoms with Gasteiger partial charge >= 0.3 is 5.97 Å². The van der Waals surface area contributed by atoms with E-state index in [9.17, 15) is 14.0 Å². The van der Waals surface area contributed by atoms with Crippen LogP contribution < -0.4 is 0 Å². The van der Waals surface area contributed by atoms with Crippen LogP contribution in [0.4, 0.5) is 4.39 Å². The van der Waals surface area contributed by atoms with E-state index < -0.39 is 6.04 Å². The number of rotatable bonds is 10. The molecule has 1 aromatic heterocycles. The second kappa shape index (κ2) is 12.6. The number of esters is 1. The molecule has 35 heavy (non-hydrogen) atoms. The van der Waals surface area contributed by atoms with Gasteiger partial charge in [-0.3, -0.25) is 14.5 Å². The van der Waals surface area contributed by atoms with E-state index >= 15 is 0 Å². The van der Waals surface area contributed by atoms with Crippen molar-refractivity contribution in [1.82, 2.24) is 25.1 Å². The molecule has 0 amide bonds. The lowest BCUT2D eigenvalue weighted by atomic mass is 9.93. The molecule has 2 aliphatic rings. The number of piperidine rings is 1. The van der Waals surface area contributed by atoms with Gasteiger partial charge in [-0.1, -0.05) is 18.2 Å². The Balaban J connectivity index is 0.00000342. The minimum atomic E-state index is -0.612. The lowest BCUT2D eigenvalue weighted by Crippen LogP contribution is -2.42. The summed E-state index contributed by atoms with van der Waals surface area (Å²) in [6, 6.07) is 5.93. The lowest BCUT2D eigenvalue weighted by Gasteiger charge is -2.37. The van der Waals surface area contributed by atoms with Gasteiger partial charge < -0.3 is 4.74 Å². The molecule has 1 saturated heterocycles. The van der Waals surface area contributed by atoms with E-state index in [2.05, 4.69) is 15.5 Å². The molecule has 190 valence electrons. The zero-order chi connectivity index (χ0) is 24.1. The van der Waals surface area contributed by atoms with Crippen molar-refractivity contribution in [3.63, 3.8) is 0 Å². The highest BCUT2D eigenvalue weighted by Crippen LogP contribution is 2.39. The summed E-state index contributed by atoms with van der Waals surface area (Å²) in [5.41, 5.74) is 1.40. The maximum atomic E-state index is 14.7. The van der Waals surface area contributed by atoms with Crippen molar-refractivity contribution in [2.24, 2.45) is 5.92 Å². The predicted molar refractivity (Wildman–Crippen MR) is 135 cm³/mol. The average Bonchev–Trinajstić information content (AvgIpc) is 3.58. The number of tetrazole rings is 1. The van der Waals surface area contributed by atoms with Crippen LogP contribution in [0.2, 0.25) is 0 Å². The number of carbonyl (C=O) groups excluding carboxylic acids is 2. The number of thiol groups is 1. The van der Waals surface area contributed by atoms with Crippen LogP contribution >= 0.6 is 25.0 Å². The second-order valence-electron chi connectivity index (χ2n) is 8.76. The number of aromatic nitrogens is 4. The van der Waals surface area contributed by atoms with Crippen LogP contribution in [0.5, 0.6) is 0 Å². The minimum Gasteiger partial charge on any atom is -0.466 e. The number of nitrogens with zero attached hydrogens (tertiary/aromatic N) is 5. The van der Waals surface area contributed by atoms with Crippen molar-refractivity contribution in [1.29, 1.82) is 0 Å². The van der Waals surface area contributed by atoms with Crippen LogP contribution in [0.1, 0.15) is 56.5 Å². The summed E-state index contributed by atoms with van der Waals surface area (Å²) in [7, 11) is 0. The number of hydrogen-bond acceptors (Lipinski definition) is 8. The third-order valence-corrected chi connectivity index (χ3v) is 6.84. The zero-order valence-electron chi connectivity index (χ0n) is 19.7. The van der Waals surface area contributed by atoms with Crippen LogP contribution in [-0.4, -0.2) is 61.8 Å². The van der Waals surface area contributed by atoms with Gasteiger partial charge in [0.1, 0.15) is 5.82 Å². The van der Waals surface area contributed by atoms with Gasteiger partial charge in [-0.15, -0.1) is 17.5 Å². The van der Waals surface area contributed by atoms with Gasteiger partial charge in [0, 0.05) is 42.8 Å². The smallest absolute Gasteiger partial charge is 0.305 e. The molecular formula is C24H31ClFN5O3S. The largest absolute Gasteiger partial charge is 0.466 e. The van der Waals surface area contributed by atoms with Crippen LogP contribution in [0.3, 0.4) is 0 Å². The van der Waals surface area contributed by atoms with E-state index in [1.807, 2.05) is 11.0 Å². The Morgan fingerprint density at radius 1 is 1.29 bits per heavy atom. The summed E-state index contributed by atoms with van der Waals surface area (Å²) in [6.07, 6.45) is 5.21. The number of aryl methyl sites for hydroxylation is 1. The molecule has 2 fully saturated rings. The van der Waals surface area contributed by atoms with Crippen LogP contribution in [-0.2, 0) is 20.9 Å². The molecule has 4 rings (SSSR count). The molecule has 2 atom stereocenters. The first-order valence-corrected chi connectivity index (χ1v) is 12.3. The van der Waals surface area contributed by atoms with Gasteiger partial charge in [0.05, 0.1) is 12.6 Å². The van der Waals surface area contributed by atoms with Gasteiger partial charge in [0.2, 0.25) is 0 Å². The monoisotopic (exact) mass is 523 g/mol. The molecule has 11 heteroatoms. The standard InChI is InChI=1S/C24H30FN5O3S.ClH/c1-2-33-22(31)8-5-12-30-21(26-27-28-30)14-17-15-29(13-11-20(17)34)23(24(32)16-9-10-16)18-6-3-4-7-19(18)25;/h3-4,6-7,14,16,20,23,34H,2,5,8-13,15H2,1H3;1H/b17-14+;. The third-order valence-electron chi connectivity index (χ3n) is 6.25. The molecule has 2 unspecified atom stereocenters. The van der Waals surface area contributed by atoms with Gasteiger partial charge in [0.15, 0.2) is 11.6 Å². The molecule has 0 N–H and O–H groups in total. The average molecular weight is 524 g/mol. The highest BCUT2D eigenvalue weighted by molar-refractivity contribution is 7.81. The van der Waals surface area contributed by atoms with E-state index in [0.29, 0.717) is 50.5 Å². The normalized spacial score (nSPS) is 20.3. The van der Waals surface area contributed by atoms with E-state index in [0.717, 1.165) is 24.8 Å². The van der Waals surface area contributed by atoms with Gasteiger partial charge in [-0.25, -0.2) is 9.07 Å². The maximum absolute atomic E-state index is 14.7. The SMILES string of the molecule is CCOC(=O)CCCn1nnnc1/C=C1\CN(C(C(=O)C2CC2)c2ccccc2F)CCC1S.Cl. The summed E-state index contributed by atoms with van der Waals surface area (Å²) in [6.45, 7) is 3.73. The first-order valence-electron chi connectivity index (χ1n) is 11.8. The lowest BCUT2D eigenvalue weighted by molar-refractivity contribution is -0.143. The predicted octanol–water partition coefficient (Wildman–Crippen LogP) is 3.69. The van der Waals surface area contributed by atoms with Crippen molar-refractivity contribution < 1.29 is 18.7 Å². The summed E-state index contributed by atoms with van der Waals surface area (Å²) in [5, 5.41) is 11.9. The quantitative estimate of drug-likeness (QED) is 0.375. The molecule has 8 nitrogen and oxygen atoms in total. The fourth-order valence-electron chi connectivity index (χ4n) is 4.32.